The maximum Gasteiger partial charge on any atom is 0.139 e. The molecule has 4 saturated carbocycles. The Balaban J connectivity index is 1.60. The van der Waals surface area contributed by atoms with Gasteiger partial charge in [0, 0.05) is 11.8 Å². The minimum atomic E-state index is 0.0156. The van der Waals surface area contributed by atoms with Crippen molar-refractivity contribution in [1.29, 1.82) is 0 Å². The summed E-state index contributed by atoms with van der Waals surface area (Å²) >= 11 is 0. The highest BCUT2D eigenvalue weighted by atomic mass is 16.6. The molecule has 0 heterocycles. The summed E-state index contributed by atoms with van der Waals surface area (Å²) in [6.07, 6.45) is 10.6. The van der Waals surface area contributed by atoms with Crippen LogP contribution >= 0.6 is 0 Å². The quantitative estimate of drug-likeness (QED) is 0.663. The average Bonchev–Trinajstić information content (AvgIpc) is 2.84. The predicted octanol–water partition coefficient (Wildman–Crippen LogP) is 4.60. The van der Waals surface area contributed by atoms with Gasteiger partial charge < -0.3 is 4.84 Å². The van der Waals surface area contributed by atoms with E-state index in [9.17, 15) is 4.79 Å². The fourth-order valence-corrected chi connectivity index (χ4v) is 7.04. The fraction of sp³-hybridized carbons (Fsp3) is 0.900. The second-order valence-corrected chi connectivity index (χ2v) is 9.12. The standard InChI is InChI=1S/C20H31NO2/c1-19-10-8-14(21-23-3)12-13(19)4-5-15-16-6-7-18(22)20(16,2)11-9-17(15)19/h13,15-17H,4-12H2,1-3H3/t13?,15?,16?,17?,19-,20-/m0/s1. The van der Waals surface area contributed by atoms with Crippen LogP contribution in [0.3, 0.4) is 0 Å². The van der Waals surface area contributed by atoms with Crippen LogP contribution in [0.25, 0.3) is 0 Å². The fourth-order valence-electron chi connectivity index (χ4n) is 7.04. The van der Waals surface area contributed by atoms with Crippen LogP contribution in [0.1, 0.15) is 71.6 Å². The highest BCUT2D eigenvalue weighted by molar-refractivity contribution is 5.87. The lowest BCUT2D eigenvalue weighted by Gasteiger charge is -2.59. The number of carbonyl (C=O) groups is 1. The monoisotopic (exact) mass is 317 g/mol. The zero-order chi connectivity index (χ0) is 16.2. The van der Waals surface area contributed by atoms with Crippen molar-refractivity contribution in [3.8, 4) is 0 Å². The molecule has 4 aliphatic carbocycles. The molecule has 0 radical (unpaired) electrons. The summed E-state index contributed by atoms with van der Waals surface area (Å²) in [6.45, 7) is 4.83. The third-order valence-corrected chi connectivity index (χ3v) is 8.43. The lowest BCUT2D eigenvalue weighted by Crippen LogP contribution is -2.53. The Labute approximate surface area is 140 Å². The molecule has 3 heteroatoms. The van der Waals surface area contributed by atoms with Gasteiger partial charge in [-0.1, -0.05) is 19.0 Å². The van der Waals surface area contributed by atoms with Crippen molar-refractivity contribution in [2.45, 2.75) is 71.6 Å². The molecule has 0 amide bonds. The maximum absolute atomic E-state index is 12.5. The Bertz CT molecular complexity index is 542. The Kier molecular flexibility index (Phi) is 3.62. The Hall–Kier alpha value is -0.860. The molecule has 0 N–H and O–H groups in total. The van der Waals surface area contributed by atoms with Gasteiger partial charge in [0.25, 0.3) is 0 Å². The van der Waals surface area contributed by atoms with Gasteiger partial charge >= 0.3 is 0 Å². The largest absolute Gasteiger partial charge is 0.399 e. The van der Waals surface area contributed by atoms with Crippen molar-refractivity contribution in [2.75, 3.05) is 7.11 Å². The lowest BCUT2D eigenvalue weighted by atomic mass is 9.45. The summed E-state index contributed by atoms with van der Waals surface area (Å²) in [4.78, 5) is 17.5. The number of nitrogens with zero attached hydrogens (tertiary/aromatic N) is 1. The molecule has 0 aromatic heterocycles. The Morgan fingerprint density at radius 2 is 1.87 bits per heavy atom. The lowest BCUT2D eigenvalue weighted by molar-refractivity contribution is -0.137. The van der Waals surface area contributed by atoms with Crippen LogP contribution in [0.4, 0.5) is 0 Å². The van der Waals surface area contributed by atoms with E-state index in [1.165, 1.54) is 31.4 Å². The molecule has 4 unspecified atom stereocenters. The molecule has 0 aromatic carbocycles. The van der Waals surface area contributed by atoms with Crippen molar-refractivity contribution in [3.05, 3.63) is 0 Å². The van der Waals surface area contributed by atoms with Crippen LogP contribution in [-0.4, -0.2) is 18.6 Å². The summed E-state index contributed by atoms with van der Waals surface area (Å²) in [5.41, 5.74) is 1.75. The molecule has 4 fully saturated rings. The number of carbonyl (C=O) groups excluding carboxylic acids is 1. The van der Waals surface area contributed by atoms with Crippen molar-refractivity contribution < 1.29 is 9.63 Å². The van der Waals surface area contributed by atoms with Gasteiger partial charge in [-0.3, -0.25) is 4.79 Å². The number of ketones is 1. The second-order valence-electron chi connectivity index (χ2n) is 9.12. The topological polar surface area (TPSA) is 38.7 Å². The van der Waals surface area contributed by atoms with Crippen molar-refractivity contribution >= 4 is 11.5 Å². The summed E-state index contributed by atoms with van der Waals surface area (Å²) in [5, 5.41) is 4.26. The summed E-state index contributed by atoms with van der Waals surface area (Å²) in [6, 6.07) is 0. The number of fused-ring (bicyclic) bond motifs is 5. The zero-order valence-corrected chi connectivity index (χ0v) is 14.9. The van der Waals surface area contributed by atoms with Crippen LogP contribution in [-0.2, 0) is 9.63 Å². The molecule has 4 aliphatic rings. The summed E-state index contributed by atoms with van der Waals surface area (Å²) in [5.74, 6) is 3.62. The Morgan fingerprint density at radius 3 is 2.65 bits per heavy atom. The Morgan fingerprint density at radius 1 is 1.04 bits per heavy atom. The third-order valence-electron chi connectivity index (χ3n) is 8.43. The molecule has 6 atom stereocenters. The van der Waals surface area contributed by atoms with E-state index < -0.39 is 0 Å². The molecule has 4 rings (SSSR count). The first-order valence-electron chi connectivity index (χ1n) is 9.61. The SMILES string of the molecule is CON=C1CC[C@@]2(C)C(CCC3C2CC[C@]2(C)C(=O)CCC32)C1. The van der Waals surface area contributed by atoms with Crippen LogP contribution in [0.2, 0.25) is 0 Å². The van der Waals surface area contributed by atoms with Crippen molar-refractivity contribution in [1.82, 2.24) is 0 Å². The molecule has 0 bridgehead atoms. The smallest absolute Gasteiger partial charge is 0.139 e. The highest BCUT2D eigenvalue weighted by Gasteiger charge is 2.59. The number of hydrogen-bond donors (Lipinski definition) is 0. The number of oxime groups is 1. The van der Waals surface area contributed by atoms with Gasteiger partial charge in [-0.25, -0.2) is 0 Å². The molecule has 0 aromatic rings. The predicted molar refractivity (Wildman–Crippen MR) is 91.2 cm³/mol. The molecule has 128 valence electrons. The van der Waals surface area contributed by atoms with Crippen LogP contribution in [0, 0.1) is 34.5 Å². The van der Waals surface area contributed by atoms with E-state index in [0.717, 1.165) is 49.9 Å². The van der Waals surface area contributed by atoms with Gasteiger partial charge in [-0.05, 0) is 80.5 Å². The van der Waals surface area contributed by atoms with Gasteiger partial charge in [-0.2, -0.15) is 0 Å². The van der Waals surface area contributed by atoms with Crippen LogP contribution in [0.5, 0.6) is 0 Å². The van der Waals surface area contributed by atoms with Crippen LogP contribution in [0.15, 0.2) is 5.16 Å². The van der Waals surface area contributed by atoms with Gasteiger partial charge in [0.15, 0.2) is 0 Å². The van der Waals surface area contributed by atoms with Crippen molar-refractivity contribution in [3.63, 3.8) is 0 Å². The molecular weight excluding hydrogens is 286 g/mol. The average molecular weight is 317 g/mol. The van der Waals surface area contributed by atoms with E-state index in [0.29, 0.717) is 17.1 Å². The minimum absolute atomic E-state index is 0.0156. The number of hydrogen-bond acceptors (Lipinski definition) is 3. The van der Waals surface area contributed by atoms with Gasteiger partial charge in [0.1, 0.15) is 12.9 Å². The number of Topliss-reactive ketones (excluding diaryl/α,β-unsaturated/α-hetero) is 1. The van der Waals surface area contributed by atoms with E-state index in [2.05, 4.69) is 19.0 Å². The first kappa shape index (κ1) is 15.7. The first-order valence-corrected chi connectivity index (χ1v) is 9.61. The summed E-state index contributed by atoms with van der Waals surface area (Å²) < 4.78 is 0. The highest BCUT2D eigenvalue weighted by Crippen LogP contribution is 2.65. The van der Waals surface area contributed by atoms with Gasteiger partial charge in [0.2, 0.25) is 0 Å². The van der Waals surface area contributed by atoms with E-state index >= 15 is 0 Å². The van der Waals surface area contributed by atoms with E-state index in [1.807, 2.05) is 0 Å². The normalized spacial score (nSPS) is 51.1. The van der Waals surface area contributed by atoms with E-state index in [1.54, 1.807) is 7.11 Å². The molecular formula is C20H31NO2. The van der Waals surface area contributed by atoms with Gasteiger partial charge in [-0.15, -0.1) is 0 Å². The maximum atomic E-state index is 12.5. The zero-order valence-electron chi connectivity index (χ0n) is 14.9. The summed E-state index contributed by atoms with van der Waals surface area (Å²) in [7, 11) is 1.66. The molecule has 0 spiro atoms. The minimum Gasteiger partial charge on any atom is -0.399 e. The first-order chi connectivity index (χ1) is 11.0. The molecule has 0 aliphatic heterocycles. The van der Waals surface area contributed by atoms with E-state index in [-0.39, 0.29) is 5.41 Å². The number of rotatable bonds is 1. The molecule has 0 saturated heterocycles. The van der Waals surface area contributed by atoms with E-state index in [4.69, 9.17) is 4.84 Å². The van der Waals surface area contributed by atoms with Gasteiger partial charge in [0.05, 0.1) is 5.71 Å². The third kappa shape index (κ3) is 2.14. The second kappa shape index (κ2) is 5.32. The molecule has 23 heavy (non-hydrogen) atoms. The van der Waals surface area contributed by atoms with Crippen LogP contribution < -0.4 is 0 Å². The molecule has 3 nitrogen and oxygen atoms in total. The van der Waals surface area contributed by atoms with Crippen molar-refractivity contribution in [2.24, 2.45) is 39.7 Å².